The van der Waals surface area contributed by atoms with Crippen molar-refractivity contribution < 1.29 is 18.7 Å². The lowest BCUT2D eigenvalue weighted by Crippen LogP contribution is -2.50. The van der Waals surface area contributed by atoms with E-state index in [4.69, 9.17) is 9.47 Å². The Labute approximate surface area is 130 Å². The molecule has 6 heteroatoms. The van der Waals surface area contributed by atoms with Crippen molar-refractivity contribution in [2.75, 3.05) is 4.90 Å². The molecule has 0 spiro atoms. The topological polar surface area (TPSA) is 38.8 Å². The molecular formula is C15H15BrFNO3. The molecule has 0 aromatic heterocycles. The molecule has 0 N–H and O–H groups in total. The molecule has 2 aliphatic heterocycles. The van der Waals surface area contributed by atoms with Gasteiger partial charge in [0.05, 0.1) is 17.6 Å². The fraction of sp³-hybridized carbons (Fsp3) is 0.533. The van der Waals surface area contributed by atoms with Gasteiger partial charge >= 0.3 is 0 Å². The summed E-state index contributed by atoms with van der Waals surface area (Å²) in [5.41, 5.74) is 0.322. The molecule has 3 fully saturated rings. The molecule has 3 aliphatic rings. The van der Waals surface area contributed by atoms with E-state index in [1.165, 1.54) is 6.07 Å². The molecule has 1 aliphatic carbocycles. The van der Waals surface area contributed by atoms with Crippen molar-refractivity contribution in [3.8, 4) is 0 Å². The molecule has 1 aromatic rings. The SMILES string of the molecule is CC1(C)O[C@@H]2[C@H](O1)[C@@H]1C[C@H]2N(c2ccc(Br)cc2F)C1=O. The third-order valence-corrected chi connectivity index (χ3v) is 4.98. The van der Waals surface area contributed by atoms with Crippen LogP contribution in [0.2, 0.25) is 0 Å². The summed E-state index contributed by atoms with van der Waals surface area (Å²) in [6.07, 6.45) is 0.290. The maximum Gasteiger partial charge on any atom is 0.233 e. The molecule has 1 amide bonds. The van der Waals surface area contributed by atoms with Crippen LogP contribution in [0.15, 0.2) is 22.7 Å². The maximum atomic E-state index is 14.2. The second-order valence-corrected chi connectivity index (χ2v) is 7.19. The summed E-state index contributed by atoms with van der Waals surface area (Å²) >= 11 is 3.23. The van der Waals surface area contributed by atoms with Gasteiger partial charge in [0.1, 0.15) is 18.0 Å². The number of carbonyl (C=O) groups is 1. The minimum atomic E-state index is -0.680. The Morgan fingerprint density at radius 3 is 2.76 bits per heavy atom. The van der Waals surface area contributed by atoms with E-state index in [9.17, 15) is 9.18 Å². The van der Waals surface area contributed by atoms with Crippen LogP contribution in [0.25, 0.3) is 0 Å². The van der Waals surface area contributed by atoms with Crippen molar-refractivity contribution in [1.82, 2.24) is 0 Å². The van der Waals surface area contributed by atoms with Gasteiger partial charge in [-0.1, -0.05) is 15.9 Å². The first kappa shape index (κ1) is 13.7. The van der Waals surface area contributed by atoms with Crippen LogP contribution in [0.5, 0.6) is 0 Å². The highest BCUT2D eigenvalue weighted by atomic mass is 79.9. The Morgan fingerprint density at radius 2 is 2.05 bits per heavy atom. The van der Waals surface area contributed by atoms with Crippen LogP contribution in [0.1, 0.15) is 20.3 Å². The first-order chi connectivity index (χ1) is 9.87. The van der Waals surface area contributed by atoms with E-state index < -0.39 is 11.6 Å². The molecule has 4 nitrogen and oxygen atoms in total. The zero-order chi connectivity index (χ0) is 14.9. The van der Waals surface area contributed by atoms with E-state index in [0.717, 1.165) is 0 Å². The molecule has 0 unspecified atom stereocenters. The van der Waals surface area contributed by atoms with Crippen molar-refractivity contribution in [2.45, 2.75) is 44.3 Å². The lowest BCUT2D eigenvalue weighted by molar-refractivity contribution is -0.155. The summed E-state index contributed by atoms with van der Waals surface area (Å²) in [7, 11) is 0. The number of anilines is 1. The number of ether oxygens (including phenoxy) is 2. The van der Waals surface area contributed by atoms with Crippen LogP contribution in [0, 0.1) is 11.7 Å². The molecular weight excluding hydrogens is 341 g/mol. The highest BCUT2D eigenvalue weighted by molar-refractivity contribution is 9.10. The summed E-state index contributed by atoms with van der Waals surface area (Å²) in [6, 6.07) is 4.60. The Kier molecular flexibility index (Phi) is 2.78. The minimum absolute atomic E-state index is 0.0660. The van der Waals surface area contributed by atoms with E-state index in [2.05, 4.69) is 15.9 Å². The lowest BCUT2D eigenvalue weighted by atomic mass is 10.0. The van der Waals surface area contributed by atoms with Gasteiger partial charge in [-0.2, -0.15) is 0 Å². The molecule has 4 atom stereocenters. The molecule has 4 rings (SSSR count). The van der Waals surface area contributed by atoms with Gasteiger partial charge < -0.3 is 14.4 Å². The smallest absolute Gasteiger partial charge is 0.233 e. The summed E-state index contributed by atoms with van der Waals surface area (Å²) < 4.78 is 26.6. The molecule has 112 valence electrons. The van der Waals surface area contributed by atoms with Crippen LogP contribution in [0.3, 0.4) is 0 Å². The number of hydrogen-bond acceptors (Lipinski definition) is 3. The minimum Gasteiger partial charge on any atom is -0.344 e. The third-order valence-electron chi connectivity index (χ3n) is 4.49. The van der Waals surface area contributed by atoms with Gasteiger partial charge in [-0.25, -0.2) is 4.39 Å². The average Bonchev–Trinajstić information content (AvgIpc) is 2.96. The highest BCUT2D eigenvalue weighted by Crippen LogP contribution is 2.50. The van der Waals surface area contributed by atoms with Crippen molar-refractivity contribution in [1.29, 1.82) is 0 Å². The third kappa shape index (κ3) is 1.89. The Bertz CT molecular complexity index is 635. The zero-order valence-electron chi connectivity index (χ0n) is 11.7. The number of carbonyl (C=O) groups excluding carboxylic acids is 1. The second-order valence-electron chi connectivity index (χ2n) is 6.28. The van der Waals surface area contributed by atoms with Crippen molar-refractivity contribution >= 4 is 27.5 Å². The van der Waals surface area contributed by atoms with Crippen LogP contribution in [-0.4, -0.2) is 29.9 Å². The number of amides is 1. The Balaban J connectivity index is 1.71. The van der Waals surface area contributed by atoms with E-state index in [0.29, 0.717) is 16.6 Å². The largest absolute Gasteiger partial charge is 0.344 e. The van der Waals surface area contributed by atoms with Crippen molar-refractivity contribution in [2.24, 2.45) is 5.92 Å². The predicted octanol–water partition coefficient (Wildman–Crippen LogP) is 2.84. The van der Waals surface area contributed by atoms with Crippen LogP contribution in [-0.2, 0) is 14.3 Å². The van der Waals surface area contributed by atoms with E-state index >= 15 is 0 Å². The Hall–Kier alpha value is -0.980. The van der Waals surface area contributed by atoms with Gasteiger partial charge in [-0.05, 0) is 38.5 Å². The van der Waals surface area contributed by atoms with E-state index in [-0.39, 0.29) is 30.1 Å². The molecule has 0 radical (unpaired) electrons. The number of piperidine rings is 1. The number of rotatable bonds is 1. The Morgan fingerprint density at radius 1 is 1.33 bits per heavy atom. The normalized spacial score (nSPS) is 36.4. The molecule has 2 saturated heterocycles. The highest BCUT2D eigenvalue weighted by Gasteiger charge is 2.64. The van der Waals surface area contributed by atoms with Gasteiger partial charge in [-0.15, -0.1) is 0 Å². The maximum absolute atomic E-state index is 14.2. The standard InChI is InChI=1S/C15H15BrFNO3/c1-15(2)20-12-8-6-11(13(12)21-15)18(14(8)19)10-4-3-7(16)5-9(10)17/h3-5,8,11-13H,6H2,1-2H3/t8-,11+,12+,13-/m0/s1. The number of hydrogen-bond donors (Lipinski definition) is 0. The van der Waals surface area contributed by atoms with Crippen molar-refractivity contribution in [3.63, 3.8) is 0 Å². The van der Waals surface area contributed by atoms with Crippen LogP contribution in [0.4, 0.5) is 10.1 Å². The van der Waals surface area contributed by atoms with E-state index in [1.54, 1.807) is 17.0 Å². The monoisotopic (exact) mass is 355 g/mol. The average molecular weight is 356 g/mol. The second kappa shape index (κ2) is 4.27. The quantitative estimate of drug-likeness (QED) is 0.777. The molecule has 1 saturated carbocycles. The number of nitrogens with zero attached hydrogens (tertiary/aromatic N) is 1. The van der Waals surface area contributed by atoms with Gasteiger partial charge in [0.25, 0.3) is 0 Å². The van der Waals surface area contributed by atoms with Gasteiger partial charge in [-0.3, -0.25) is 4.79 Å². The molecule has 1 aromatic carbocycles. The molecule has 21 heavy (non-hydrogen) atoms. The van der Waals surface area contributed by atoms with Crippen molar-refractivity contribution in [3.05, 3.63) is 28.5 Å². The predicted molar refractivity (Wildman–Crippen MR) is 77.3 cm³/mol. The van der Waals surface area contributed by atoms with Gasteiger partial charge in [0.15, 0.2) is 5.79 Å². The summed E-state index contributed by atoms with van der Waals surface area (Å²) in [4.78, 5) is 14.1. The van der Waals surface area contributed by atoms with Crippen LogP contribution < -0.4 is 4.90 Å². The molecule has 2 heterocycles. The fourth-order valence-electron chi connectivity index (χ4n) is 3.76. The van der Waals surface area contributed by atoms with E-state index in [1.807, 2.05) is 13.8 Å². The van der Waals surface area contributed by atoms with Gasteiger partial charge in [0, 0.05) is 4.47 Å². The fourth-order valence-corrected chi connectivity index (χ4v) is 4.10. The number of benzene rings is 1. The summed E-state index contributed by atoms with van der Waals surface area (Å²) in [5.74, 6) is -1.38. The number of fused-ring (bicyclic) bond motifs is 5. The lowest BCUT2D eigenvalue weighted by Gasteiger charge is -2.33. The van der Waals surface area contributed by atoms with Crippen LogP contribution >= 0.6 is 15.9 Å². The van der Waals surface area contributed by atoms with Gasteiger partial charge in [0.2, 0.25) is 5.91 Å². The zero-order valence-corrected chi connectivity index (χ0v) is 13.3. The number of halogens is 2. The molecule has 2 bridgehead atoms. The first-order valence-electron chi connectivity index (χ1n) is 7.01. The first-order valence-corrected chi connectivity index (χ1v) is 7.80. The summed E-state index contributed by atoms with van der Waals surface area (Å²) in [5, 5.41) is 0. The summed E-state index contributed by atoms with van der Waals surface area (Å²) in [6.45, 7) is 3.69.